The van der Waals surface area contributed by atoms with Gasteiger partial charge in [0.2, 0.25) is 0 Å². The fourth-order valence-electron chi connectivity index (χ4n) is 3.98. The molecule has 0 amide bonds. The van der Waals surface area contributed by atoms with E-state index in [1.54, 1.807) is 14.2 Å². The maximum atomic E-state index is 10.4. The van der Waals surface area contributed by atoms with Crippen molar-refractivity contribution in [2.24, 2.45) is 0 Å². The molecule has 1 unspecified atom stereocenters. The zero-order valence-electron chi connectivity index (χ0n) is 16.4. The molecule has 2 fully saturated rings. The second kappa shape index (κ2) is 9.39. The molecule has 27 heavy (non-hydrogen) atoms. The molecule has 2 aliphatic rings. The number of carboxylic acid groups (broad SMARTS) is 1. The van der Waals surface area contributed by atoms with Crippen LogP contribution in [0.15, 0.2) is 18.2 Å². The monoisotopic (exact) mass is 381 g/mol. The van der Waals surface area contributed by atoms with Crippen molar-refractivity contribution in [3.8, 4) is 11.5 Å². The number of aliphatic hydroxyl groups is 1. The molecule has 7 nitrogen and oxygen atoms in total. The minimum atomic E-state index is -0.583. The van der Waals surface area contributed by atoms with Gasteiger partial charge in [0.25, 0.3) is 6.47 Å². The van der Waals surface area contributed by atoms with Gasteiger partial charge in [-0.25, -0.2) is 0 Å². The number of methoxy groups -OCH3 is 2. The molecular formula is C20H31NO6. The number of rotatable bonds is 4. The minimum Gasteiger partial charge on any atom is -0.497 e. The topological polar surface area (TPSA) is 88.5 Å². The van der Waals surface area contributed by atoms with Crippen LogP contribution in [-0.2, 0) is 16.1 Å². The summed E-state index contributed by atoms with van der Waals surface area (Å²) in [5, 5.41) is 17.3. The van der Waals surface area contributed by atoms with E-state index >= 15 is 0 Å². The number of benzene rings is 1. The first-order valence-corrected chi connectivity index (χ1v) is 9.24. The number of carbonyl (C=O) groups is 1. The van der Waals surface area contributed by atoms with Crippen molar-refractivity contribution in [2.45, 2.75) is 50.4 Å². The first kappa shape index (κ1) is 21.5. The van der Waals surface area contributed by atoms with Gasteiger partial charge in [0, 0.05) is 32.1 Å². The van der Waals surface area contributed by atoms with Crippen molar-refractivity contribution >= 4 is 6.47 Å². The van der Waals surface area contributed by atoms with E-state index in [1.807, 2.05) is 13.0 Å². The molecule has 0 aliphatic carbocycles. The molecular weight excluding hydrogens is 350 g/mol. The fourth-order valence-corrected chi connectivity index (χ4v) is 3.98. The Morgan fingerprint density at radius 1 is 1.15 bits per heavy atom. The molecule has 3 rings (SSSR count). The van der Waals surface area contributed by atoms with Crippen molar-refractivity contribution in [2.75, 3.05) is 33.9 Å². The van der Waals surface area contributed by atoms with Crippen LogP contribution >= 0.6 is 0 Å². The molecule has 2 N–H and O–H groups in total. The maximum Gasteiger partial charge on any atom is 0.290 e. The van der Waals surface area contributed by atoms with E-state index < -0.39 is 5.60 Å². The first-order valence-electron chi connectivity index (χ1n) is 9.24. The van der Waals surface area contributed by atoms with E-state index in [1.165, 1.54) is 5.56 Å². The fraction of sp³-hybridized carbons (Fsp3) is 0.650. The summed E-state index contributed by atoms with van der Waals surface area (Å²) in [5.41, 5.74) is 0.476. The Labute approximate surface area is 160 Å². The van der Waals surface area contributed by atoms with Crippen LogP contribution in [0.2, 0.25) is 0 Å². The van der Waals surface area contributed by atoms with Gasteiger partial charge in [0.1, 0.15) is 11.5 Å². The summed E-state index contributed by atoms with van der Waals surface area (Å²) in [7, 11) is 3.35. The summed E-state index contributed by atoms with van der Waals surface area (Å²) in [5.74, 6) is 1.65. The van der Waals surface area contributed by atoms with Gasteiger partial charge in [0.05, 0.1) is 32.0 Å². The molecule has 2 heterocycles. The Morgan fingerprint density at radius 2 is 1.70 bits per heavy atom. The summed E-state index contributed by atoms with van der Waals surface area (Å²) in [4.78, 5) is 10.8. The maximum absolute atomic E-state index is 10.4. The average molecular weight is 381 g/mol. The SMILES string of the molecule is COc1cc(CN2CCC3(CC2)CC(C)(O)CCO3)cc(OC)c1.O=CO. The molecule has 0 aromatic heterocycles. The lowest BCUT2D eigenvalue weighted by Gasteiger charge is -2.48. The predicted molar refractivity (Wildman–Crippen MR) is 101 cm³/mol. The zero-order chi connectivity index (χ0) is 19.9. The molecule has 152 valence electrons. The zero-order valence-corrected chi connectivity index (χ0v) is 16.4. The van der Waals surface area contributed by atoms with Gasteiger partial charge < -0.3 is 24.4 Å². The second-order valence-corrected chi connectivity index (χ2v) is 7.56. The average Bonchev–Trinajstić information content (AvgIpc) is 2.63. The third-order valence-corrected chi connectivity index (χ3v) is 5.34. The van der Waals surface area contributed by atoms with Gasteiger partial charge in [-0.1, -0.05) is 0 Å². The quantitative estimate of drug-likeness (QED) is 0.774. The summed E-state index contributed by atoms with van der Waals surface area (Å²) < 4.78 is 16.8. The lowest BCUT2D eigenvalue weighted by atomic mass is 9.78. The molecule has 1 aromatic rings. The van der Waals surface area contributed by atoms with Crippen LogP contribution < -0.4 is 9.47 Å². The van der Waals surface area contributed by atoms with Crippen LogP contribution in [0.25, 0.3) is 0 Å². The van der Waals surface area contributed by atoms with E-state index in [2.05, 4.69) is 17.0 Å². The Bertz CT molecular complexity index is 588. The lowest BCUT2D eigenvalue weighted by molar-refractivity contribution is -0.173. The van der Waals surface area contributed by atoms with Crippen molar-refractivity contribution < 1.29 is 29.2 Å². The van der Waals surface area contributed by atoms with Crippen LogP contribution in [0.5, 0.6) is 11.5 Å². The smallest absolute Gasteiger partial charge is 0.290 e. The second-order valence-electron chi connectivity index (χ2n) is 7.56. The van der Waals surface area contributed by atoms with E-state index in [0.717, 1.165) is 56.8 Å². The van der Waals surface area contributed by atoms with E-state index in [0.29, 0.717) is 6.61 Å². The summed E-state index contributed by atoms with van der Waals surface area (Å²) in [6.45, 7) is 5.19. The van der Waals surface area contributed by atoms with Crippen molar-refractivity contribution in [1.29, 1.82) is 0 Å². The van der Waals surface area contributed by atoms with Gasteiger partial charge in [-0.3, -0.25) is 9.69 Å². The molecule has 1 aromatic carbocycles. The van der Waals surface area contributed by atoms with Crippen molar-refractivity contribution in [3.05, 3.63) is 23.8 Å². The normalized spacial score (nSPS) is 24.6. The Balaban J connectivity index is 0.000000817. The number of ether oxygens (including phenoxy) is 3. The molecule has 0 radical (unpaired) electrons. The molecule has 2 saturated heterocycles. The summed E-state index contributed by atoms with van der Waals surface area (Å²) in [6, 6.07) is 6.02. The molecule has 0 saturated carbocycles. The van der Waals surface area contributed by atoms with E-state index in [4.69, 9.17) is 24.1 Å². The number of likely N-dealkylation sites (tertiary alicyclic amines) is 1. The minimum absolute atomic E-state index is 0.135. The van der Waals surface area contributed by atoms with Gasteiger partial charge in [0.15, 0.2) is 0 Å². The van der Waals surface area contributed by atoms with Gasteiger partial charge in [-0.05, 0) is 43.9 Å². The number of hydrogen-bond donors (Lipinski definition) is 2. The Hall–Kier alpha value is -1.83. The highest BCUT2D eigenvalue weighted by Gasteiger charge is 2.44. The number of nitrogens with zero attached hydrogens (tertiary/aromatic N) is 1. The van der Waals surface area contributed by atoms with Gasteiger partial charge in [-0.2, -0.15) is 0 Å². The highest BCUT2D eigenvalue weighted by atomic mass is 16.5. The lowest BCUT2D eigenvalue weighted by Crippen LogP contribution is -2.53. The molecule has 7 heteroatoms. The molecule has 2 aliphatic heterocycles. The van der Waals surface area contributed by atoms with Crippen molar-refractivity contribution in [3.63, 3.8) is 0 Å². The first-order chi connectivity index (χ1) is 12.8. The highest BCUT2D eigenvalue weighted by Crippen LogP contribution is 2.39. The molecule has 0 bridgehead atoms. The van der Waals surface area contributed by atoms with Gasteiger partial charge >= 0.3 is 0 Å². The van der Waals surface area contributed by atoms with Crippen LogP contribution in [-0.4, -0.2) is 66.7 Å². The Morgan fingerprint density at radius 3 is 2.19 bits per heavy atom. The Kier molecular flexibility index (Phi) is 7.47. The number of hydrogen-bond acceptors (Lipinski definition) is 6. The summed E-state index contributed by atoms with van der Waals surface area (Å²) in [6.07, 6.45) is 3.44. The van der Waals surface area contributed by atoms with E-state index in [-0.39, 0.29) is 12.1 Å². The van der Waals surface area contributed by atoms with Crippen molar-refractivity contribution in [1.82, 2.24) is 4.90 Å². The predicted octanol–water partition coefficient (Wildman–Crippen LogP) is 2.30. The third-order valence-electron chi connectivity index (χ3n) is 5.34. The summed E-state index contributed by atoms with van der Waals surface area (Å²) >= 11 is 0. The van der Waals surface area contributed by atoms with Gasteiger partial charge in [-0.15, -0.1) is 0 Å². The molecule has 1 spiro atoms. The molecule has 1 atom stereocenters. The highest BCUT2D eigenvalue weighted by molar-refractivity contribution is 5.38. The van der Waals surface area contributed by atoms with Crippen LogP contribution in [0, 0.1) is 0 Å². The van der Waals surface area contributed by atoms with E-state index in [9.17, 15) is 5.11 Å². The standard InChI is InChI=1S/C19H29NO4.CH2O2/c1-18(21)6-9-24-19(14-18)4-7-20(8-5-19)13-15-10-16(22-2)12-17(11-15)23-3;2-1-3/h10-12,21H,4-9,13-14H2,1-3H3;1H,(H,2,3). The third kappa shape index (κ3) is 6.09. The largest absolute Gasteiger partial charge is 0.497 e. The van der Waals surface area contributed by atoms with Crippen LogP contribution in [0.4, 0.5) is 0 Å². The number of piperidine rings is 1. The van der Waals surface area contributed by atoms with Crippen LogP contribution in [0.1, 0.15) is 38.2 Å². The van der Waals surface area contributed by atoms with Crippen LogP contribution in [0.3, 0.4) is 0 Å².